The van der Waals surface area contributed by atoms with Crippen molar-refractivity contribution >= 4 is 11.8 Å². The van der Waals surface area contributed by atoms with Gasteiger partial charge in [0.05, 0.1) is 18.6 Å². The van der Waals surface area contributed by atoms with E-state index in [4.69, 9.17) is 9.15 Å². The molecule has 1 aliphatic carbocycles. The van der Waals surface area contributed by atoms with E-state index >= 15 is 0 Å². The van der Waals surface area contributed by atoms with Crippen molar-refractivity contribution in [2.75, 3.05) is 7.11 Å². The van der Waals surface area contributed by atoms with Crippen molar-refractivity contribution in [2.45, 2.75) is 38.5 Å². The molecule has 0 unspecified atom stereocenters. The van der Waals surface area contributed by atoms with Crippen LogP contribution >= 0.6 is 0 Å². The van der Waals surface area contributed by atoms with Gasteiger partial charge in [0.25, 0.3) is 0 Å². The van der Waals surface area contributed by atoms with Gasteiger partial charge in [0.15, 0.2) is 5.78 Å². The van der Waals surface area contributed by atoms with Crippen LogP contribution in [0.15, 0.2) is 69.4 Å². The van der Waals surface area contributed by atoms with Crippen molar-refractivity contribution in [3.05, 3.63) is 82.1 Å². The summed E-state index contributed by atoms with van der Waals surface area (Å²) in [4.78, 5) is 25.8. The molecule has 2 atom stereocenters. The molecule has 1 aromatic carbocycles. The number of allylic oxidation sites excluding steroid dienone is 3. The first kappa shape index (κ1) is 18.3. The van der Waals surface area contributed by atoms with Crippen LogP contribution in [0.2, 0.25) is 0 Å². The van der Waals surface area contributed by atoms with Crippen LogP contribution in [-0.4, -0.2) is 18.9 Å². The number of esters is 1. The molecule has 0 saturated heterocycles. The number of furan rings is 1. The molecule has 0 radical (unpaired) electrons. The molecule has 2 heterocycles. The van der Waals surface area contributed by atoms with E-state index in [1.54, 1.807) is 0 Å². The number of ether oxygens (including phenoxy) is 1. The fraction of sp³-hybridized carbons (Fsp3) is 0.304. The number of hydrogen-bond acceptors (Lipinski definition) is 5. The van der Waals surface area contributed by atoms with Crippen LogP contribution in [0.4, 0.5) is 0 Å². The summed E-state index contributed by atoms with van der Waals surface area (Å²) in [6.07, 6.45) is 1.13. The normalized spacial score (nSPS) is 22.0. The second-order valence-electron chi connectivity index (χ2n) is 7.37. The van der Waals surface area contributed by atoms with Gasteiger partial charge < -0.3 is 14.5 Å². The van der Waals surface area contributed by atoms with Crippen LogP contribution in [0.1, 0.15) is 48.7 Å². The average Bonchev–Trinajstić information content (AvgIpc) is 3.13. The lowest BCUT2D eigenvalue weighted by Gasteiger charge is -2.35. The van der Waals surface area contributed by atoms with Gasteiger partial charge in [-0.25, -0.2) is 4.79 Å². The summed E-state index contributed by atoms with van der Waals surface area (Å²) in [5.41, 5.74) is 3.77. The molecule has 2 aliphatic rings. The van der Waals surface area contributed by atoms with E-state index < -0.39 is 11.9 Å². The molecule has 5 heteroatoms. The molecule has 2 aromatic rings. The Kier molecular flexibility index (Phi) is 4.67. The molecule has 1 N–H and O–H groups in total. The highest BCUT2D eigenvalue weighted by Gasteiger charge is 2.42. The first-order valence-corrected chi connectivity index (χ1v) is 9.43. The van der Waals surface area contributed by atoms with Gasteiger partial charge in [-0.15, -0.1) is 0 Å². The second kappa shape index (κ2) is 7.15. The number of nitrogens with one attached hydrogen (secondary N) is 1. The number of aryl methyl sites for hydroxylation is 1. The van der Waals surface area contributed by atoms with Crippen molar-refractivity contribution < 1.29 is 18.7 Å². The minimum absolute atomic E-state index is 0.0376. The van der Waals surface area contributed by atoms with Crippen LogP contribution in [0.25, 0.3) is 0 Å². The van der Waals surface area contributed by atoms with E-state index in [9.17, 15) is 9.59 Å². The summed E-state index contributed by atoms with van der Waals surface area (Å²) >= 11 is 0. The summed E-state index contributed by atoms with van der Waals surface area (Å²) < 4.78 is 10.9. The van der Waals surface area contributed by atoms with E-state index in [1.165, 1.54) is 7.11 Å². The number of ketones is 1. The maximum absolute atomic E-state index is 13.3. The quantitative estimate of drug-likeness (QED) is 0.815. The first-order valence-electron chi connectivity index (χ1n) is 9.43. The summed E-state index contributed by atoms with van der Waals surface area (Å²) in [5.74, 6) is 0.498. The fourth-order valence-electron chi connectivity index (χ4n) is 4.27. The number of benzene rings is 1. The Bertz CT molecular complexity index is 997. The summed E-state index contributed by atoms with van der Waals surface area (Å²) in [6.45, 7) is 3.69. The Morgan fingerprint density at radius 1 is 1.11 bits per heavy atom. The van der Waals surface area contributed by atoms with Crippen molar-refractivity contribution in [3.8, 4) is 0 Å². The monoisotopic (exact) mass is 377 g/mol. The first-order chi connectivity index (χ1) is 13.5. The van der Waals surface area contributed by atoms with E-state index in [2.05, 4.69) is 17.4 Å². The number of carbonyl (C=O) groups is 2. The van der Waals surface area contributed by atoms with E-state index in [0.717, 1.165) is 17.0 Å². The van der Waals surface area contributed by atoms with Crippen LogP contribution in [0.3, 0.4) is 0 Å². The molecule has 5 nitrogen and oxygen atoms in total. The van der Waals surface area contributed by atoms with Crippen molar-refractivity contribution in [2.24, 2.45) is 0 Å². The number of dihydropyridines is 1. The Balaban J connectivity index is 1.80. The lowest BCUT2D eigenvalue weighted by molar-refractivity contribution is -0.136. The predicted molar refractivity (Wildman–Crippen MR) is 104 cm³/mol. The molecule has 1 aliphatic heterocycles. The van der Waals surface area contributed by atoms with Gasteiger partial charge in [-0.3, -0.25) is 4.79 Å². The van der Waals surface area contributed by atoms with Crippen molar-refractivity contribution in [1.29, 1.82) is 0 Å². The van der Waals surface area contributed by atoms with E-state index in [1.807, 2.05) is 44.2 Å². The van der Waals surface area contributed by atoms with Gasteiger partial charge in [0.1, 0.15) is 11.5 Å². The minimum atomic E-state index is -0.540. The molecule has 0 bridgehead atoms. The van der Waals surface area contributed by atoms with Gasteiger partial charge in [-0.2, -0.15) is 0 Å². The standard InChI is InChI=1S/C23H23NO4/c1-13-9-10-19(28-13)22-20(23(26)27-3)14(2)24-17-11-16(12-18(25)21(17)22)15-7-5-4-6-8-15/h4-10,16,22,24H,11-12H2,1-3H3/t16-,22-/m0/s1. The zero-order valence-electron chi connectivity index (χ0n) is 16.2. The smallest absolute Gasteiger partial charge is 0.336 e. The molecule has 144 valence electrons. The van der Waals surface area contributed by atoms with E-state index in [-0.39, 0.29) is 11.7 Å². The zero-order valence-corrected chi connectivity index (χ0v) is 16.2. The Hall–Kier alpha value is -3.08. The second-order valence-corrected chi connectivity index (χ2v) is 7.37. The van der Waals surface area contributed by atoms with Crippen molar-refractivity contribution in [1.82, 2.24) is 5.32 Å². The van der Waals surface area contributed by atoms with E-state index in [0.29, 0.717) is 35.4 Å². The Labute approximate surface area is 164 Å². The lowest BCUT2D eigenvalue weighted by atomic mass is 9.73. The third-order valence-corrected chi connectivity index (χ3v) is 5.55. The van der Waals surface area contributed by atoms with Crippen molar-refractivity contribution in [3.63, 3.8) is 0 Å². The Morgan fingerprint density at radius 3 is 2.50 bits per heavy atom. The largest absolute Gasteiger partial charge is 0.466 e. The molecule has 0 saturated carbocycles. The third kappa shape index (κ3) is 3.07. The molecular formula is C23H23NO4. The van der Waals surface area contributed by atoms with Crippen LogP contribution in [-0.2, 0) is 14.3 Å². The molecule has 4 rings (SSSR count). The van der Waals surface area contributed by atoms with Gasteiger partial charge in [-0.05, 0) is 43.9 Å². The molecule has 1 aromatic heterocycles. The van der Waals surface area contributed by atoms with Crippen LogP contribution in [0, 0.1) is 6.92 Å². The fourth-order valence-corrected chi connectivity index (χ4v) is 4.27. The summed E-state index contributed by atoms with van der Waals surface area (Å²) in [7, 11) is 1.35. The average molecular weight is 377 g/mol. The summed E-state index contributed by atoms with van der Waals surface area (Å²) in [6, 6.07) is 13.8. The molecule has 0 spiro atoms. The number of hydrogen-bond donors (Lipinski definition) is 1. The van der Waals surface area contributed by atoms with Gasteiger partial charge in [-0.1, -0.05) is 30.3 Å². The van der Waals surface area contributed by atoms with Gasteiger partial charge >= 0.3 is 5.97 Å². The number of Topliss-reactive ketones (excluding diaryl/α,β-unsaturated/α-hetero) is 1. The van der Waals surface area contributed by atoms with Gasteiger partial charge in [0.2, 0.25) is 0 Å². The Morgan fingerprint density at radius 2 is 1.86 bits per heavy atom. The molecule has 0 fully saturated rings. The third-order valence-electron chi connectivity index (χ3n) is 5.55. The predicted octanol–water partition coefficient (Wildman–Crippen LogP) is 4.12. The molecule has 28 heavy (non-hydrogen) atoms. The maximum Gasteiger partial charge on any atom is 0.336 e. The number of carbonyl (C=O) groups excluding carboxylic acids is 2. The van der Waals surface area contributed by atoms with Crippen LogP contribution in [0.5, 0.6) is 0 Å². The minimum Gasteiger partial charge on any atom is -0.466 e. The number of methoxy groups -OCH3 is 1. The van der Waals surface area contributed by atoms with Gasteiger partial charge in [0, 0.05) is 23.4 Å². The zero-order chi connectivity index (χ0) is 19.8. The topological polar surface area (TPSA) is 68.5 Å². The highest BCUT2D eigenvalue weighted by atomic mass is 16.5. The molecular weight excluding hydrogens is 354 g/mol. The highest BCUT2D eigenvalue weighted by Crippen LogP contribution is 2.45. The lowest BCUT2D eigenvalue weighted by Crippen LogP contribution is -2.35. The highest BCUT2D eigenvalue weighted by molar-refractivity contribution is 6.04. The maximum atomic E-state index is 13.3. The SMILES string of the molecule is COC(=O)C1=C(C)NC2=C(C(=O)C[C@@H](c3ccccc3)C2)[C@H]1c1ccc(C)o1. The molecule has 0 amide bonds. The summed E-state index contributed by atoms with van der Waals surface area (Å²) in [5, 5.41) is 3.32. The number of rotatable bonds is 3. The van der Waals surface area contributed by atoms with Crippen LogP contribution < -0.4 is 5.32 Å².